The minimum absolute atomic E-state index is 0.143. The summed E-state index contributed by atoms with van der Waals surface area (Å²) < 4.78 is 6.93. The van der Waals surface area contributed by atoms with Gasteiger partial charge in [-0.2, -0.15) is 0 Å². The summed E-state index contributed by atoms with van der Waals surface area (Å²) in [6.07, 6.45) is 4.37. The van der Waals surface area contributed by atoms with Crippen LogP contribution in [0, 0.1) is 0 Å². The Labute approximate surface area is 129 Å². The number of hydrogen-bond acceptors (Lipinski definition) is 3. The Morgan fingerprint density at radius 1 is 1.19 bits per heavy atom. The van der Waals surface area contributed by atoms with Crippen molar-refractivity contribution in [3.05, 3.63) is 35.2 Å². The molecule has 1 fully saturated rings. The van der Waals surface area contributed by atoms with E-state index < -0.39 is 0 Å². The topological polar surface area (TPSA) is 29.5 Å². The molecule has 0 saturated carbocycles. The van der Waals surface area contributed by atoms with Crippen LogP contribution in [-0.2, 0) is 16.0 Å². The van der Waals surface area contributed by atoms with Gasteiger partial charge < -0.3 is 9.64 Å². The van der Waals surface area contributed by atoms with Gasteiger partial charge in [-0.1, -0.05) is 18.2 Å². The third-order valence-corrected chi connectivity index (χ3v) is 5.02. The van der Waals surface area contributed by atoms with Crippen molar-refractivity contribution in [3.8, 4) is 0 Å². The van der Waals surface area contributed by atoms with Gasteiger partial charge in [0.05, 0.1) is 6.61 Å². The molecule has 1 aromatic heterocycles. The molecule has 0 radical (unpaired) electrons. The van der Waals surface area contributed by atoms with Gasteiger partial charge in [0.25, 0.3) is 0 Å². The van der Waals surface area contributed by atoms with E-state index in [4.69, 9.17) is 4.74 Å². The molecule has 4 heteroatoms. The summed E-state index contributed by atoms with van der Waals surface area (Å²) in [7, 11) is 0. The number of nitrogens with zero attached hydrogens (tertiary/aromatic N) is 1. The average Bonchev–Trinajstić information content (AvgIpc) is 3.01. The van der Waals surface area contributed by atoms with Crippen LogP contribution in [0.15, 0.2) is 29.6 Å². The fourth-order valence-corrected chi connectivity index (χ4v) is 3.77. The number of fused-ring (bicyclic) bond motifs is 1. The number of ether oxygens (including phenoxy) is 1. The van der Waals surface area contributed by atoms with E-state index in [0.717, 1.165) is 32.4 Å². The Morgan fingerprint density at radius 2 is 2.05 bits per heavy atom. The summed E-state index contributed by atoms with van der Waals surface area (Å²) in [6, 6.07) is 8.51. The first-order valence-corrected chi connectivity index (χ1v) is 8.53. The molecule has 0 spiro atoms. The van der Waals surface area contributed by atoms with Crippen molar-refractivity contribution >= 4 is 27.3 Å². The Balaban J connectivity index is 1.46. The number of piperidine rings is 1. The fraction of sp³-hybridized carbons (Fsp3) is 0.471. The molecule has 21 heavy (non-hydrogen) atoms. The second kappa shape index (κ2) is 7.05. The highest BCUT2D eigenvalue weighted by Gasteiger charge is 2.16. The van der Waals surface area contributed by atoms with Crippen LogP contribution in [0.3, 0.4) is 0 Å². The van der Waals surface area contributed by atoms with Crippen LogP contribution < -0.4 is 0 Å². The molecule has 0 unspecified atom stereocenters. The maximum absolute atomic E-state index is 12.0. The lowest BCUT2D eigenvalue weighted by Crippen LogP contribution is -2.38. The predicted octanol–water partition coefficient (Wildman–Crippen LogP) is 3.47. The van der Waals surface area contributed by atoms with Crippen molar-refractivity contribution in [2.45, 2.75) is 25.7 Å². The van der Waals surface area contributed by atoms with E-state index in [9.17, 15) is 4.79 Å². The van der Waals surface area contributed by atoms with Crippen LogP contribution in [0.1, 0.15) is 24.8 Å². The van der Waals surface area contributed by atoms with Gasteiger partial charge in [-0.25, -0.2) is 0 Å². The van der Waals surface area contributed by atoms with Gasteiger partial charge in [-0.05, 0) is 48.1 Å². The van der Waals surface area contributed by atoms with Crippen molar-refractivity contribution in [1.29, 1.82) is 0 Å². The van der Waals surface area contributed by atoms with Crippen molar-refractivity contribution in [2.24, 2.45) is 0 Å². The molecule has 1 saturated heterocycles. The predicted molar refractivity (Wildman–Crippen MR) is 86.8 cm³/mol. The first kappa shape index (κ1) is 14.5. The summed E-state index contributed by atoms with van der Waals surface area (Å²) in [5.41, 5.74) is 1.31. The molecule has 0 aliphatic carbocycles. The Bertz CT molecular complexity index is 602. The first-order valence-electron chi connectivity index (χ1n) is 7.65. The lowest BCUT2D eigenvalue weighted by atomic mass is 10.1. The maximum atomic E-state index is 12.0. The molecular formula is C17H21NO2S. The number of carbonyl (C=O) groups is 1. The molecule has 1 amide bonds. The fourth-order valence-electron chi connectivity index (χ4n) is 2.83. The minimum atomic E-state index is 0.143. The highest BCUT2D eigenvalue weighted by molar-refractivity contribution is 7.17. The van der Waals surface area contributed by atoms with E-state index in [0.29, 0.717) is 6.61 Å². The molecule has 2 heterocycles. The number of hydrogen-bond donors (Lipinski definition) is 0. The average molecular weight is 303 g/mol. The van der Waals surface area contributed by atoms with Crippen molar-refractivity contribution in [1.82, 2.24) is 4.90 Å². The van der Waals surface area contributed by atoms with E-state index >= 15 is 0 Å². The summed E-state index contributed by atoms with van der Waals surface area (Å²) in [5.74, 6) is 0.143. The Morgan fingerprint density at radius 3 is 2.90 bits per heavy atom. The van der Waals surface area contributed by atoms with Gasteiger partial charge in [0.1, 0.15) is 6.61 Å². The van der Waals surface area contributed by atoms with Gasteiger partial charge in [0, 0.05) is 17.8 Å². The molecule has 1 aromatic carbocycles. The number of carbonyl (C=O) groups excluding carboxylic acids is 1. The monoisotopic (exact) mass is 303 g/mol. The number of rotatable bonds is 5. The van der Waals surface area contributed by atoms with Crippen LogP contribution >= 0.6 is 11.3 Å². The normalized spacial score (nSPS) is 15.5. The molecule has 112 valence electrons. The number of benzene rings is 1. The van der Waals surface area contributed by atoms with Gasteiger partial charge >= 0.3 is 0 Å². The molecular weight excluding hydrogens is 282 g/mol. The van der Waals surface area contributed by atoms with Crippen LogP contribution in [0.2, 0.25) is 0 Å². The van der Waals surface area contributed by atoms with Gasteiger partial charge in [0.2, 0.25) is 5.91 Å². The summed E-state index contributed by atoms with van der Waals surface area (Å²) in [4.78, 5) is 13.9. The van der Waals surface area contributed by atoms with Gasteiger partial charge in [0.15, 0.2) is 0 Å². The molecule has 0 atom stereocenters. The van der Waals surface area contributed by atoms with Crippen LogP contribution in [-0.4, -0.2) is 37.1 Å². The number of likely N-dealkylation sites (tertiary alicyclic amines) is 1. The lowest BCUT2D eigenvalue weighted by Gasteiger charge is -2.26. The number of amides is 1. The SMILES string of the molecule is O=C(COCCc1cccc2ccsc12)N1CCCCC1. The highest BCUT2D eigenvalue weighted by Crippen LogP contribution is 2.24. The highest BCUT2D eigenvalue weighted by atomic mass is 32.1. The van der Waals surface area contributed by atoms with Crippen molar-refractivity contribution in [3.63, 3.8) is 0 Å². The van der Waals surface area contributed by atoms with Gasteiger partial charge in [-0.15, -0.1) is 11.3 Å². The maximum Gasteiger partial charge on any atom is 0.248 e. The zero-order chi connectivity index (χ0) is 14.5. The zero-order valence-corrected chi connectivity index (χ0v) is 13.0. The van der Waals surface area contributed by atoms with Crippen LogP contribution in [0.25, 0.3) is 10.1 Å². The summed E-state index contributed by atoms with van der Waals surface area (Å²) in [5, 5.41) is 3.41. The minimum Gasteiger partial charge on any atom is -0.371 e. The van der Waals surface area contributed by atoms with Crippen molar-refractivity contribution < 1.29 is 9.53 Å². The van der Waals surface area contributed by atoms with Crippen LogP contribution in [0.4, 0.5) is 0 Å². The lowest BCUT2D eigenvalue weighted by molar-refractivity contribution is -0.137. The molecule has 0 bridgehead atoms. The molecule has 1 aliphatic heterocycles. The molecule has 3 nitrogen and oxygen atoms in total. The standard InChI is InChI=1S/C17H21NO2S/c19-16(18-9-2-1-3-10-18)13-20-11-7-14-5-4-6-15-8-12-21-17(14)15/h4-6,8,12H,1-3,7,9-11,13H2. The molecule has 3 rings (SSSR count). The third kappa shape index (κ3) is 3.63. The van der Waals surface area contributed by atoms with Gasteiger partial charge in [-0.3, -0.25) is 4.79 Å². The van der Waals surface area contributed by atoms with E-state index in [2.05, 4.69) is 29.6 Å². The van der Waals surface area contributed by atoms with Crippen LogP contribution in [0.5, 0.6) is 0 Å². The van der Waals surface area contributed by atoms with E-state index in [1.54, 1.807) is 11.3 Å². The molecule has 0 N–H and O–H groups in total. The second-order valence-electron chi connectivity index (χ2n) is 5.50. The quantitative estimate of drug-likeness (QED) is 0.792. The third-order valence-electron chi connectivity index (χ3n) is 4.01. The molecule has 2 aromatic rings. The van der Waals surface area contributed by atoms with Crippen molar-refractivity contribution in [2.75, 3.05) is 26.3 Å². The largest absolute Gasteiger partial charge is 0.371 e. The molecule has 1 aliphatic rings. The van der Waals surface area contributed by atoms with E-state index in [-0.39, 0.29) is 12.5 Å². The van der Waals surface area contributed by atoms with E-state index in [1.165, 1.54) is 22.1 Å². The summed E-state index contributed by atoms with van der Waals surface area (Å²) >= 11 is 1.77. The smallest absolute Gasteiger partial charge is 0.248 e. The first-order chi connectivity index (χ1) is 10.3. The summed E-state index contributed by atoms with van der Waals surface area (Å²) in [6.45, 7) is 2.63. The van der Waals surface area contributed by atoms with E-state index in [1.807, 2.05) is 4.90 Å². The zero-order valence-electron chi connectivity index (χ0n) is 12.2. The second-order valence-corrected chi connectivity index (χ2v) is 6.42. The Hall–Kier alpha value is -1.39. The number of thiophene rings is 1. The Kier molecular flexibility index (Phi) is 4.88.